The number of hydrogen-bond donors (Lipinski definition) is 1. The van der Waals surface area contributed by atoms with E-state index in [1.807, 2.05) is 42.2 Å². The van der Waals surface area contributed by atoms with Gasteiger partial charge in [0.2, 0.25) is 5.91 Å². The van der Waals surface area contributed by atoms with E-state index in [0.717, 1.165) is 31.5 Å². The van der Waals surface area contributed by atoms with E-state index in [4.69, 9.17) is 5.73 Å². The van der Waals surface area contributed by atoms with Crippen LogP contribution >= 0.6 is 12.4 Å². The first kappa shape index (κ1) is 18.5. The average molecular weight is 345 g/mol. The molecule has 2 aromatic carbocycles. The molecule has 128 valence electrons. The van der Waals surface area contributed by atoms with Gasteiger partial charge in [0.05, 0.1) is 0 Å². The Hall–Kier alpha value is -1.84. The van der Waals surface area contributed by atoms with Crippen molar-refractivity contribution in [1.82, 2.24) is 4.90 Å². The number of hydrogen-bond acceptors (Lipinski definition) is 2. The van der Waals surface area contributed by atoms with Crippen LogP contribution in [0.5, 0.6) is 0 Å². The molecule has 1 heterocycles. The maximum Gasteiger partial charge on any atom is 0.244 e. The van der Waals surface area contributed by atoms with E-state index in [0.29, 0.717) is 5.92 Å². The van der Waals surface area contributed by atoms with Crippen molar-refractivity contribution in [2.24, 2.45) is 5.73 Å². The first-order valence-electron chi connectivity index (χ1n) is 8.31. The smallest absolute Gasteiger partial charge is 0.244 e. The summed E-state index contributed by atoms with van der Waals surface area (Å²) in [7, 11) is 0. The molecule has 1 aliphatic rings. The van der Waals surface area contributed by atoms with Gasteiger partial charge in [0.25, 0.3) is 0 Å². The molecule has 0 bridgehead atoms. The lowest BCUT2D eigenvalue weighted by Crippen LogP contribution is -2.42. The predicted octanol–water partition coefficient (Wildman–Crippen LogP) is 3.82. The minimum atomic E-state index is -0.552. The maximum atomic E-state index is 12.6. The third-order valence-electron chi connectivity index (χ3n) is 4.78. The molecule has 3 nitrogen and oxygen atoms in total. The van der Waals surface area contributed by atoms with E-state index in [2.05, 4.69) is 24.3 Å². The normalized spacial score (nSPS) is 16.3. The third kappa shape index (κ3) is 4.16. The van der Waals surface area contributed by atoms with Crippen molar-refractivity contribution in [3.8, 4) is 0 Å². The van der Waals surface area contributed by atoms with E-state index in [-0.39, 0.29) is 18.3 Å². The van der Waals surface area contributed by atoms with Crippen molar-refractivity contribution in [2.45, 2.75) is 31.7 Å². The van der Waals surface area contributed by atoms with Crippen molar-refractivity contribution in [2.75, 3.05) is 13.1 Å². The highest BCUT2D eigenvalue weighted by Crippen LogP contribution is 2.28. The molecular formula is C20H25ClN2O. The first-order valence-corrected chi connectivity index (χ1v) is 8.31. The fourth-order valence-electron chi connectivity index (χ4n) is 3.27. The molecule has 2 aromatic rings. The van der Waals surface area contributed by atoms with Crippen LogP contribution in [0.3, 0.4) is 0 Å². The molecule has 1 fully saturated rings. The summed E-state index contributed by atoms with van der Waals surface area (Å²) >= 11 is 0. The first-order chi connectivity index (χ1) is 11.1. The van der Waals surface area contributed by atoms with Crippen molar-refractivity contribution in [1.29, 1.82) is 0 Å². The summed E-state index contributed by atoms with van der Waals surface area (Å²) in [5.74, 6) is 0.594. The zero-order chi connectivity index (χ0) is 16.2. The van der Waals surface area contributed by atoms with Crippen molar-refractivity contribution in [3.63, 3.8) is 0 Å². The summed E-state index contributed by atoms with van der Waals surface area (Å²) in [6.45, 7) is 3.61. The van der Waals surface area contributed by atoms with Gasteiger partial charge in [0.1, 0.15) is 6.04 Å². The highest BCUT2D eigenvalue weighted by atomic mass is 35.5. The van der Waals surface area contributed by atoms with Gasteiger partial charge in [-0.1, -0.05) is 60.2 Å². The Bertz CT molecular complexity index is 649. The second-order valence-electron chi connectivity index (χ2n) is 6.40. The van der Waals surface area contributed by atoms with Crippen LogP contribution < -0.4 is 5.73 Å². The zero-order valence-corrected chi connectivity index (χ0v) is 14.8. The van der Waals surface area contributed by atoms with Crippen LogP contribution in [0, 0.1) is 6.92 Å². The molecule has 1 saturated heterocycles. The maximum absolute atomic E-state index is 12.6. The van der Waals surface area contributed by atoms with Gasteiger partial charge in [-0.15, -0.1) is 12.4 Å². The summed E-state index contributed by atoms with van der Waals surface area (Å²) in [4.78, 5) is 14.5. The quantitative estimate of drug-likeness (QED) is 0.920. The van der Waals surface area contributed by atoms with Gasteiger partial charge in [-0.05, 0) is 36.8 Å². The number of carbonyl (C=O) groups is 1. The number of nitrogens with two attached hydrogens (primary N) is 1. The van der Waals surface area contributed by atoms with Gasteiger partial charge in [-0.2, -0.15) is 0 Å². The number of piperidine rings is 1. The van der Waals surface area contributed by atoms with Crippen LogP contribution in [0.15, 0.2) is 54.6 Å². The molecule has 1 amide bonds. The van der Waals surface area contributed by atoms with E-state index < -0.39 is 6.04 Å². The number of benzene rings is 2. The zero-order valence-electron chi connectivity index (χ0n) is 14.0. The highest BCUT2D eigenvalue weighted by Gasteiger charge is 2.27. The highest BCUT2D eigenvalue weighted by molar-refractivity contribution is 5.85. The largest absolute Gasteiger partial charge is 0.341 e. The SMILES string of the molecule is Cc1ccc(C(N)C(=O)N2CCC(c3ccccc3)CC2)cc1.Cl. The monoisotopic (exact) mass is 344 g/mol. The predicted molar refractivity (Wildman–Crippen MR) is 100 cm³/mol. The Morgan fingerprint density at radius 3 is 2.21 bits per heavy atom. The Balaban J connectivity index is 0.00000208. The molecule has 4 heteroatoms. The fourth-order valence-corrected chi connectivity index (χ4v) is 3.27. The lowest BCUT2D eigenvalue weighted by Gasteiger charge is -2.33. The molecule has 1 unspecified atom stereocenters. The molecule has 1 atom stereocenters. The summed E-state index contributed by atoms with van der Waals surface area (Å²) < 4.78 is 0. The number of nitrogens with zero attached hydrogens (tertiary/aromatic N) is 1. The Morgan fingerprint density at radius 1 is 1.04 bits per heavy atom. The van der Waals surface area contributed by atoms with E-state index in [1.54, 1.807) is 0 Å². The van der Waals surface area contributed by atoms with Gasteiger partial charge >= 0.3 is 0 Å². The van der Waals surface area contributed by atoms with Crippen LogP contribution in [0.25, 0.3) is 0 Å². The van der Waals surface area contributed by atoms with E-state index in [1.165, 1.54) is 11.1 Å². The third-order valence-corrected chi connectivity index (χ3v) is 4.78. The lowest BCUT2D eigenvalue weighted by molar-refractivity contribution is -0.133. The molecule has 0 spiro atoms. The average Bonchev–Trinajstić information content (AvgIpc) is 2.62. The fraction of sp³-hybridized carbons (Fsp3) is 0.350. The summed E-state index contributed by atoms with van der Waals surface area (Å²) in [5, 5.41) is 0. The summed E-state index contributed by atoms with van der Waals surface area (Å²) in [6.07, 6.45) is 2.02. The number of rotatable bonds is 3. The molecule has 1 aliphatic heterocycles. The van der Waals surface area contributed by atoms with Gasteiger partial charge < -0.3 is 10.6 Å². The van der Waals surface area contributed by atoms with Gasteiger partial charge in [-0.25, -0.2) is 0 Å². The summed E-state index contributed by atoms with van der Waals surface area (Å²) in [5.41, 5.74) is 9.62. The van der Waals surface area contributed by atoms with E-state index in [9.17, 15) is 4.79 Å². The lowest BCUT2D eigenvalue weighted by atomic mass is 9.89. The van der Waals surface area contributed by atoms with Crippen LogP contribution in [0.4, 0.5) is 0 Å². The second-order valence-corrected chi connectivity index (χ2v) is 6.40. The topological polar surface area (TPSA) is 46.3 Å². The number of aryl methyl sites for hydroxylation is 1. The summed E-state index contributed by atoms with van der Waals surface area (Å²) in [6, 6.07) is 17.9. The van der Waals surface area contributed by atoms with Crippen molar-refractivity contribution in [3.05, 3.63) is 71.3 Å². The number of likely N-dealkylation sites (tertiary alicyclic amines) is 1. The van der Waals surface area contributed by atoms with Crippen LogP contribution in [-0.2, 0) is 4.79 Å². The Labute approximate surface area is 150 Å². The standard InChI is InChI=1S/C20H24N2O.ClH/c1-15-7-9-18(10-8-15)19(21)20(23)22-13-11-17(12-14-22)16-5-3-2-4-6-16;/h2-10,17,19H,11-14,21H2,1H3;1H. The number of carbonyl (C=O) groups excluding carboxylic acids is 1. The number of halogens is 1. The molecule has 0 aromatic heterocycles. The molecule has 0 radical (unpaired) electrons. The van der Waals surface area contributed by atoms with Crippen molar-refractivity contribution >= 4 is 18.3 Å². The Morgan fingerprint density at radius 2 is 1.62 bits per heavy atom. The minimum Gasteiger partial charge on any atom is -0.341 e. The molecule has 0 aliphatic carbocycles. The molecule has 0 saturated carbocycles. The van der Waals surface area contributed by atoms with Crippen LogP contribution in [0.2, 0.25) is 0 Å². The van der Waals surface area contributed by atoms with Gasteiger partial charge in [0.15, 0.2) is 0 Å². The van der Waals surface area contributed by atoms with Gasteiger partial charge in [-0.3, -0.25) is 4.79 Å². The van der Waals surface area contributed by atoms with E-state index >= 15 is 0 Å². The van der Waals surface area contributed by atoms with Crippen LogP contribution in [0.1, 0.15) is 41.5 Å². The minimum absolute atomic E-state index is 0. The van der Waals surface area contributed by atoms with Gasteiger partial charge in [0, 0.05) is 13.1 Å². The molecule has 3 rings (SSSR count). The molecule has 2 N–H and O–H groups in total. The number of amides is 1. The van der Waals surface area contributed by atoms with Crippen LogP contribution in [-0.4, -0.2) is 23.9 Å². The van der Waals surface area contributed by atoms with Crippen molar-refractivity contribution < 1.29 is 4.79 Å². The second kappa shape index (κ2) is 8.32. The molecular weight excluding hydrogens is 320 g/mol. The Kier molecular flexibility index (Phi) is 6.41. The molecule has 24 heavy (non-hydrogen) atoms.